The Morgan fingerprint density at radius 3 is 2.73 bits per heavy atom. The summed E-state index contributed by atoms with van der Waals surface area (Å²) in [5, 5.41) is 1.88. The van der Waals surface area contributed by atoms with E-state index in [4.69, 9.17) is 0 Å². The van der Waals surface area contributed by atoms with E-state index in [0.717, 1.165) is 10.4 Å². The predicted molar refractivity (Wildman–Crippen MR) is 109 cm³/mol. The van der Waals surface area contributed by atoms with Crippen molar-refractivity contribution >= 4 is 34.9 Å². The van der Waals surface area contributed by atoms with E-state index in [1.54, 1.807) is 11.8 Å². The molecule has 2 heterocycles. The highest BCUT2D eigenvalue weighted by Crippen LogP contribution is 2.42. The van der Waals surface area contributed by atoms with Gasteiger partial charge in [0.2, 0.25) is 5.91 Å². The van der Waals surface area contributed by atoms with Crippen molar-refractivity contribution in [2.45, 2.75) is 31.4 Å². The molecule has 2 amide bonds. The highest BCUT2D eigenvalue weighted by Gasteiger charge is 2.38. The quantitative estimate of drug-likeness (QED) is 0.745. The Bertz CT molecular complexity index is 776. The molecule has 0 unspecified atom stereocenters. The zero-order chi connectivity index (χ0) is 18.7. The van der Waals surface area contributed by atoms with Crippen LogP contribution in [0, 0.1) is 6.92 Å². The van der Waals surface area contributed by atoms with Gasteiger partial charge in [-0.15, -0.1) is 23.1 Å². The van der Waals surface area contributed by atoms with Gasteiger partial charge in [-0.1, -0.05) is 35.9 Å². The molecule has 2 atom stereocenters. The Hall–Kier alpha value is -1.79. The lowest BCUT2D eigenvalue weighted by Crippen LogP contribution is -2.40. The van der Waals surface area contributed by atoms with Crippen LogP contribution in [0.5, 0.6) is 0 Å². The van der Waals surface area contributed by atoms with Gasteiger partial charge in [-0.25, -0.2) is 0 Å². The molecule has 1 aromatic carbocycles. The van der Waals surface area contributed by atoms with Gasteiger partial charge in [0.25, 0.3) is 5.91 Å². The van der Waals surface area contributed by atoms with Gasteiger partial charge in [0, 0.05) is 19.6 Å². The molecule has 4 nitrogen and oxygen atoms in total. The summed E-state index contributed by atoms with van der Waals surface area (Å²) in [4.78, 5) is 29.8. The number of amides is 2. The minimum absolute atomic E-state index is 0.0212. The maximum Gasteiger partial charge on any atom is 0.263 e. The minimum Gasteiger partial charge on any atom is -0.336 e. The molecule has 1 aromatic heterocycles. The third-order valence-electron chi connectivity index (χ3n) is 4.59. The Balaban J connectivity index is 1.73. The van der Waals surface area contributed by atoms with Crippen LogP contribution < -0.4 is 0 Å². The first-order chi connectivity index (χ1) is 12.5. The topological polar surface area (TPSA) is 40.6 Å². The van der Waals surface area contributed by atoms with E-state index >= 15 is 0 Å². The normalized spacial score (nSPS) is 19.8. The first-order valence-electron chi connectivity index (χ1n) is 8.86. The van der Waals surface area contributed by atoms with Gasteiger partial charge in [-0.2, -0.15) is 0 Å². The monoisotopic (exact) mass is 388 g/mol. The standard InChI is InChI=1S/C20H24N2O2S2/c1-4-21(19(24)17-9-6-12-25-17)10-11-22-18(23)15(3)26-20(22)16-8-5-7-14(2)13-16/h5-9,12-13,15,20H,4,10-11H2,1-3H3/t15-,20+/m1/s1. The summed E-state index contributed by atoms with van der Waals surface area (Å²) >= 11 is 3.14. The fourth-order valence-corrected chi connectivity index (χ4v) is 5.16. The summed E-state index contributed by atoms with van der Waals surface area (Å²) < 4.78 is 0. The van der Waals surface area contributed by atoms with Crippen molar-refractivity contribution < 1.29 is 9.59 Å². The van der Waals surface area contributed by atoms with Crippen molar-refractivity contribution in [3.63, 3.8) is 0 Å². The highest BCUT2D eigenvalue weighted by atomic mass is 32.2. The minimum atomic E-state index is -0.0522. The SMILES string of the molecule is CCN(CCN1C(=O)[C@@H](C)S[C@H]1c1cccc(C)c1)C(=O)c1cccs1. The molecule has 26 heavy (non-hydrogen) atoms. The molecule has 1 fully saturated rings. The summed E-state index contributed by atoms with van der Waals surface area (Å²) in [5.74, 6) is 0.197. The molecule has 0 saturated carbocycles. The van der Waals surface area contributed by atoms with Crippen LogP contribution in [0.2, 0.25) is 0 Å². The number of thiophene rings is 1. The van der Waals surface area contributed by atoms with E-state index in [9.17, 15) is 9.59 Å². The number of carbonyl (C=O) groups is 2. The van der Waals surface area contributed by atoms with Crippen LogP contribution in [0.3, 0.4) is 0 Å². The lowest BCUT2D eigenvalue weighted by Gasteiger charge is -2.28. The van der Waals surface area contributed by atoms with Crippen LogP contribution in [0.25, 0.3) is 0 Å². The van der Waals surface area contributed by atoms with Crippen LogP contribution >= 0.6 is 23.1 Å². The van der Waals surface area contributed by atoms with E-state index < -0.39 is 0 Å². The first kappa shape index (κ1) is 19.0. The molecule has 0 N–H and O–H groups in total. The van der Waals surface area contributed by atoms with Gasteiger partial charge >= 0.3 is 0 Å². The fourth-order valence-electron chi connectivity index (χ4n) is 3.17. The fraction of sp³-hybridized carbons (Fsp3) is 0.400. The van der Waals surface area contributed by atoms with Crippen molar-refractivity contribution in [3.05, 3.63) is 57.8 Å². The summed E-state index contributed by atoms with van der Waals surface area (Å²) in [5.41, 5.74) is 2.35. The second-order valence-corrected chi connectivity index (χ2v) is 8.81. The third-order valence-corrected chi connectivity index (χ3v) is 6.84. The number of likely N-dealkylation sites (N-methyl/N-ethyl adjacent to an activating group) is 1. The van der Waals surface area contributed by atoms with E-state index in [0.29, 0.717) is 19.6 Å². The third kappa shape index (κ3) is 3.96. The number of carbonyl (C=O) groups excluding carboxylic acids is 2. The van der Waals surface area contributed by atoms with Crippen molar-refractivity contribution in [1.82, 2.24) is 9.80 Å². The molecule has 1 aliphatic heterocycles. The molecule has 0 spiro atoms. The number of aryl methyl sites for hydroxylation is 1. The van der Waals surface area contributed by atoms with Crippen molar-refractivity contribution in [1.29, 1.82) is 0 Å². The Labute approximate surface area is 163 Å². The maximum atomic E-state index is 12.7. The van der Waals surface area contributed by atoms with Crippen LogP contribution in [-0.4, -0.2) is 46.5 Å². The van der Waals surface area contributed by atoms with Gasteiger partial charge in [0.1, 0.15) is 5.37 Å². The number of thioether (sulfide) groups is 1. The van der Waals surface area contributed by atoms with Gasteiger partial charge in [-0.05, 0) is 37.8 Å². The van der Waals surface area contributed by atoms with Crippen LogP contribution in [0.1, 0.15) is 40.0 Å². The number of hydrogen-bond donors (Lipinski definition) is 0. The van der Waals surface area contributed by atoms with Crippen molar-refractivity contribution in [2.24, 2.45) is 0 Å². The lowest BCUT2D eigenvalue weighted by molar-refractivity contribution is -0.130. The lowest BCUT2D eigenvalue weighted by atomic mass is 10.1. The molecule has 0 radical (unpaired) electrons. The van der Waals surface area contributed by atoms with Crippen molar-refractivity contribution in [3.8, 4) is 0 Å². The Morgan fingerprint density at radius 2 is 2.08 bits per heavy atom. The van der Waals surface area contributed by atoms with E-state index in [-0.39, 0.29) is 22.4 Å². The molecule has 1 saturated heterocycles. The zero-order valence-electron chi connectivity index (χ0n) is 15.3. The second kappa shape index (κ2) is 8.27. The summed E-state index contributed by atoms with van der Waals surface area (Å²) in [6.07, 6.45) is 0. The molecular formula is C20H24N2O2S2. The molecule has 138 valence electrons. The predicted octanol–water partition coefficient (Wildman–Crippen LogP) is 4.18. The molecule has 0 aliphatic carbocycles. The van der Waals surface area contributed by atoms with E-state index in [1.165, 1.54) is 16.9 Å². The summed E-state index contributed by atoms with van der Waals surface area (Å²) in [7, 11) is 0. The zero-order valence-corrected chi connectivity index (χ0v) is 17.0. The van der Waals surface area contributed by atoms with Gasteiger partial charge in [0.05, 0.1) is 10.1 Å². The largest absolute Gasteiger partial charge is 0.336 e. The first-order valence-corrected chi connectivity index (χ1v) is 10.7. The molecule has 6 heteroatoms. The second-order valence-electron chi connectivity index (χ2n) is 6.44. The average Bonchev–Trinajstić information content (AvgIpc) is 3.26. The van der Waals surface area contributed by atoms with Crippen LogP contribution in [0.4, 0.5) is 0 Å². The Kier molecular flexibility index (Phi) is 6.04. The highest BCUT2D eigenvalue weighted by molar-refractivity contribution is 8.01. The van der Waals surface area contributed by atoms with Crippen molar-refractivity contribution in [2.75, 3.05) is 19.6 Å². The molecule has 2 aromatic rings. The Morgan fingerprint density at radius 1 is 1.27 bits per heavy atom. The molecule has 3 rings (SSSR count). The summed E-state index contributed by atoms with van der Waals surface area (Å²) in [6, 6.07) is 12.1. The van der Waals surface area contributed by atoms with E-state index in [2.05, 4.69) is 25.1 Å². The maximum absolute atomic E-state index is 12.7. The number of benzene rings is 1. The molecular weight excluding hydrogens is 364 g/mol. The average molecular weight is 389 g/mol. The van der Waals surface area contributed by atoms with Crippen LogP contribution in [-0.2, 0) is 4.79 Å². The summed E-state index contributed by atoms with van der Waals surface area (Å²) in [6.45, 7) is 7.75. The van der Waals surface area contributed by atoms with Gasteiger partial charge in [-0.3, -0.25) is 9.59 Å². The number of rotatable bonds is 6. The van der Waals surface area contributed by atoms with E-state index in [1.807, 2.05) is 47.2 Å². The van der Waals surface area contributed by atoms with Gasteiger partial charge in [0.15, 0.2) is 0 Å². The molecule has 1 aliphatic rings. The smallest absolute Gasteiger partial charge is 0.263 e. The number of hydrogen-bond acceptors (Lipinski definition) is 4. The molecule has 0 bridgehead atoms. The van der Waals surface area contributed by atoms with Gasteiger partial charge < -0.3 is 9.80 Å². The number of nitrogens with zero attached hydrogens (tertiary/aromatic N) is 2. The van der Waals surface area contributed by atoms with Crippen LogP contribution in [0.15, 0.2) is 41.8 Å².